The predicted molar refractivity (Wildman–Crippen MR) is 67.4 cm³/mol. The highest BCUT2D eigenvalue weighted by Crippen LogP contribution is 2.13. The number of nitrogens with zero attached hydrogens (tertiary/aromatic N) is 1. The van der Waals surface area contributed by atoms with E-state index in [-0.39, 0.29) is 5.82 Å². The summed E-state index contributed by atoms with van der Waals surface area (Å²) in [6.45, 7) is 3.37. The smallest absolute Gasteiger partial charge is 0.123 e. The fourth-order valence-electron chi connectivity index (χ4n) is 1.94. The second-order valence-corrected chi connectivity index (χ2v) is 4.30. The quantitative estimate of drug-likeness (QED) is 0.862. The summed E-state index contributed by atoms with van der Waals surface area (Å²) in [5.74, 6) is -0.178. The van der Waals surface area contributed by atoms with Crippen molar-refractivity contribution in [2.45, 2.75) is 19.9 Å². The minimum atomic E-state index is -0.178. The molecule has 0 atom stereocenters. The molecule has 0 saturated carbocycles. The first-order valence-electron chi connectivity index (χ1n) is 5.79. The zero-order chi connectivity index (χ0) is 12.3. The molecule has 2 aromatic rings. The number of rotatable bonds is 4. The summed E-state index contributed by atoms with van der Waals surface area (Å²) in [4.78, 5) is 0. The lowest BCUT2D eigenvalue weighted by atomic mass is 10.1. The van der Waals surface area contributed by atoms with Crippen molar-refractivity contribution >= 4 is 0 Å². The van der Waals surface area contributed by atoms with Crippen molar-refractivity contribution in [1.82, 2.24) is 4.57 Å². The molecule has 0 spiro atoms. The molecule has 0 aliphatic rings. The molecular formula is C14H17FN2. The van der Waals surface area contributed by atoms with Gasteiger partial charge in [-0.05, 0) is 54.8 Å². The molecule has 2 rings (SSSR count). The van der Waals surface area contributed by atoms with E-state index in [1.807, 2.05) is 19.2 Å². The third-order valence-electron chi connectivity index (χ3n) is 2.90. The van der Waals surface area contributed by atoms with E-state index in [0.717, 1.165) is 24.1 Å². The molecular weight excluding hydrogens is 215 g/mol. The molecule has 1 heterocycles. The number of halogens is 1. The summed E-state index contributed by atoms with van der Waals surface area (Å²) >= 11 is 0. The van der Waals surface area contributed by atoms with Crippen molar-refractivity contribution in [1.29, 1.82) is 0 Å². The summed E-state index contributed by atoms with van der Waals surface area (Å²) in [6, 6.07) is 6.99. The predicted octanol–water partition coefficient (Wildman–Crippen LogP) is 2.49. The second-order valence-electron chi connectivity index (χ2n) is 4.30. The van der Waals surface area contributed by atoms with Gasteiger partial charge in [0.15, 0.2) is 0 Å². The van der Waals surface area contributed by atoms with E-state index in [1.54, 1.807) is 6.07 Å². The van der Waals surface area contributed by atoms with E-state index in [9.17, 15) is 4.39 Å². The molecule has 17 heavy (non-hydrogen) atoms. The summed E-state index contributed by atoms with van der Waals surface area (Å²) < 4.78 is 15.1. The maximum absolute atomic E-state index is 13.0. The molecule has 0 radical (unpaired) electrons. The Labute approximate surface area is 101 Å². The van der Waals surface area contributed by atoms with E-state index in [4.69, 9.17) is 5.73 Å². The van der Waals surface area contributed by atoms with Gasteiger partial charge in [-0.15, -0.1) is 0 Å². The maximum atomic E-state index is 13.0. The molecule has 0 amide bonds. The van der Waals surface area contributed by atoms with E-state index < -0.39 is 0 Å². The number of hydrogen-bond donors (Lipinski definition) is 1. The van der Waals surface area contributed by atoms with Crippen LogP contribution < -0.4 is 5.73 Å². The molecule has 90 valence electrons. The SMILES string of the molecule is Cc1cc(F)ccc1Cn1ccc(CCN)c1. The Hall–Kier alpha value is -1.61. The van der Waals surface area contributed by atoms with Crippen molar-refractivity contribution < 1.29 is 4.39 Å². The second kappa shape index (κ2) is 5.15. The van der Waals surface area contributed by atoms with Crippen molar-refractivity contribution in [3.05, 3.63) is 59.2 Å². The summed E-state index contributed by atoms with van der Waals surface area (Å²) in [6.07, 6.45) is 5.03. The molecule has 0 aliphatic carbocycles. The highest BCUT2D eigenvalue weighted by atomic mass is 19.1. The first-order valence-corrected chi connectivity index (χ1v) is 5.79. The molecule has 0 unspecified atom stereocenters. The molecule has 2 N–H and O–H groups in total. The van der Waals surface area contributed by atoms with Gasteiger partial charge in [-0.2, -0.15) is 0 Å². The molecule has 0 saturated heterocycles. The lowest BCUT2D eigenvalue weighted by molar-refractivity contribution is 0.624. The van der Waals surface area contributed by atoms with Crippen LogP contribution in [0.3, 0.4) is 0 Å². The van der Waals surface area contributed by atoms with Crippen LogP contribution in [0.25, 0.3) is 0 Å². The molecule has 3 heteroatoms. The number of aromatic nitrogens is 1. The van der Waals surface area contributed by atoms with Gasteiger partial charge in [-0.25, -0.2) is 4.39 Å². The molecule has 2 nitrogen and oxygen atoms in total. The van der Waals surface area contributed by atoms with Gasteiger partial charge in [-0.1, -0.05) is 6.07 Å². The third kappa shape index (κ3) is 2.94. The Morgan fingerprint density at radius 2 is 2.12 bits per heavy atom. The Bertz CT molecular complexity index is 503. The van der Waals surface area contributed by atoms with Gasteiger partial charge in [-0.3, -0.25) is 0 Å². The van der Waals surface area contributed by atoms with Crippen molar-refractivity contribution in [3.8, 4) is 0 Å². The van der Waals surface area contributed by atoms with Gasteiger partial charge in [0.25, 0.3) is 0 Å². The van der Waals surface area contributed by atoms with E-state index in [0.29, 0.717) is 6.54 Å². The fraction of sp³-hybridized carbons (Fsp3) is 0.286. The van der Waals surface area contributed by atoms with Crippen molar-refractivity contribution in [3.63, 3.8) is 0 Å². The van der Waals surface area contributed by atoms with Crippen LogP contribution in [-0.2, 0) is 13.0 Å². The first kappa shape index (κ1) is 11.9. The Morgan fingerprint density at radius 3 is 2.82 bits per heavy atom. The Morgan fingerprint density at radius 1 is 1.29 bits per heavy atom. The van der Waals surface area contributed by atoms with Crippen LogP contribution in [0.4, 0.5) is 4.39 Å². The Kier molecular flexibility index (Phi) is 3.59. The summed E-state index contributed by atoms with van der Waals surface area (Å²) in [7, 11) is 0. The largest absolute Gasteiger partial charge is 0.350 e. The van der Waals surface area contributed by atoms with Gasteiger partial charge < -0.3 is 10.3 Å². The van der Waals surface area contributed by atoms with Crippen LogP contribution in [0.1, 0.15) is 16.7 Å². The standard InChI is InChI=1S/C14H17FN2/c1-11-8-14(15)3-2-13(11)10-17-7-5-12(9-17)4-6-16/h2-3,5,7-9H,4,6,10,16H2,1H3. The number of nitrogens with two attached hydrogens (primary N) is 1. The topological polar surface area (TPSA) is 30.9 Å². The van der Waals surface area contributed by atoms with Crippen LogP contribution >= 0.6 is 0 Å². The van der Waals surface area contributed by atoms with Crippen LogP contribution in [0.15, 0.2) is 36.7 Å². The molecule has 1 aromatic carbocycles. The Balaban J connectivity index is 2.13. The average molecular weight is 232 g/mol. The minimum Gasteiger partial charge on any atom is -0.350 e. The fourth-order valence-corrected chi connectivity index (χ4v) is 1.94. The van der Waals surface area contributed by atoms with E-state index in [1.165, 1.54) is 11.6 Å². The summed E-state index contributed by atoms with van der Waals surface area (Å²) in [5.41, 5.74) is 8.88. The molecule has 0 aliphatic heterocycles. The number of aryl methyl sites for hydroxylation is 1. The zero-order valence-electron chi connectivity index (χ0n) is 9.99. The van der Waals surface area contributed by atoms with E-state index >= 15 is 0 Å². The van der Waals surface area contributed by atoms with Crippen molar-refractivity contribution in [2.24, 2.45) is 5.73 Å². The highest BCUT2D eigenvalue weighted by molar-refractivity contribution is 5.27. The number of benzene rings is 1. The third-order valence-corrected chi connectivity index (χ3v) is 2.90. The van der Waals surface area contributed by atoms with E-state index in [2.05, 4.69) is 16.8 Å². The average Bonchev–Trinajstić information content (AvgIpc) is 2.71. The lowest BCUT2D eigenvalue weighted by Gasteiger charge is -2.07. The van der Waals surface area contributed by atoms with Crippen LogP contribution in [-0.4, -0.2) is 11.1 Å². The zero-order valence-corrected chi connectivity index (χ0v) is 9.99. The van der Waals surface area contributed by atoms with Gasteiger partial charge in [0.2, 0.25) is 0 Å². The normalized spacial score (nSPS) is 10.8. The minimum absolute atomic E-state index is 0.178. The first-order chi connectivity index (χ1) is 8.19. The molecule has 1 aromatic heterocycles. The highest BCUT2D eigenvalue weighted by Gasteiger charge is 2.02. The van der Waals surface area contributed by atoms with Gasteiger partial charge in [0.1, 0.15) is 5.82 Å². The van der Waals surface area contributed by atoms with Gasteiger partial charge in [0.05, 0.1) is 0 Å². The van der Waals surface area contributed by atoms with Gasteiger partial charge >= 0.3 is 0 Å². The monoisotopic (exact) mass is 232 g/mol. The van der Waals surface area contributed by atoms with Crippen LogP contribution in [0.5, 0.6) is 0 Å². The van der Waals surface area contributed by atoms with Crippen LogP contribution in [0.2, 0.25) is 0 Å². The maximum Gasteiger partial charge on any atom is 0.123 e. The van der Waals surface area contributed by atoms with Crippen LogP contribution in [0, 0.1) is 12.7 Å². The summed E-state index contributed by atoms with van der Waals surface area (Å²) in [5, 5.41) is 0. The molecule has 0 bridgehead atoms. The van der Waals surface area contributed by atoms with Crippen molar-refractivity contribution in [2.75, 3.05) is 6.54 Å². The number of hydrogen-bond acceptors (Lipinski definition) is 1. The molecule has 0 fully saturated rings. The lowest BCUT2D eigenvalue weighted by Crippen LogP contribution is -2.02. The van der Waals surface area contributed by atoms with Gasteiger partial charge in [0, 0.05) is 18.9 Å².